The minimum Gasteiger partial charge on any atom is -0.465 e. The smallest absolute Gasteiger partial charge is 0.196 e. The molecule has 1 aliphatic carbocycles. The third-order valence-electron chi connectivity index (χ3n) is 5.92. The molecule has 162 valence electrons. The van der Waals surface area contributed by atoms with Gasteiger partial charge in [-0.2, -0.15) is 0 Å². The van der Waals surface area contributed by atoms with Crippen LogP contribution in [0.15, 0.2) is 99.6 Å². The highest BCUT2D eigenvalue weighted by Gasteiger charge is 2.28. The molecule has 2 nitrogen and oxygen atoms in total. The number of ether oxygens (including phenoxy) is 2. The van der Waals surface area contributed by atoms with Gasteiger partial charge in [-0.15, -0.1) is 0 Å². The summed E-state index contributed by atoms with van der Waals surface area (Å²) in [5, 5.41) is 0. The molecule has 0 amide bonds. The van der Waals surface area contributed by atoms with Crippen molar-refractivity contribution in [2.75, 3.05) is 6.61 Å². The first kappa shape index (κ1) is 22.0. The highest BCUT2D eigenvalue weighted by molar-refractivity contribution is 7.97. The van der Waals surface area contributed by atoms with Crippen LogP contribution in [0.3, 0.4) is 0 Å². The van der Waals surface area contributed by atoms with E-state index in [1.165, 1.54) is 46.8 Å². The fourth-order valence-corrected chi connectivity index (χ4v) is 6.36. The maximum atomic E-state index is 6.03. The van der Waals surface area contributed by atoms with Crippen LogP contribution in [0, 0.1) is 5.92 Å². The lowest BCUT2D eigenvalue weighted by Gasteiger charge is -2.22. The second kappa shape index (κ2) is 11.4. The Morgan fingerprint density at radius 2 is 1.29 bits per heavy atom. The van der Waals surface area contributed by atoms with E-state index >= 15 is 0 Å². The van der Waals surface area contributed by atoms with Crippen molar-refractivity contribution in [3.63, 3.8) is 0 Å². The molecule has 1 fully saturated rings. The van der Waals surface area contributed by atoms with Gasteiger partial charge in [0.1, 0.15) is 5.75 Å². The molecule has 3 aromatic carbocycles. The Morgan fingerprint density at radius 1 is 0.742 bits per heavy atom. The largest absolute Gasteiger partial charge is 0.465 e. The maximum Gasteiger partial charge on any atom is 0.196 e. The number of hydrogen-bond acceptors (Lipinski definition) is 2. The van der Waals surface area contributed by atoms with Crippen LogP contribution < -0.4 is 4.74 Å². The molecule has 4 rings (SSSR count). The van der Waals surface area contributed by atoms with E-state index in [1.807, 2.05) is 6.92 Å². The summed E-state index contributed by atoms with van der Waals surface area (Å²) in [6.07, 6.45) is 7.84. The predicted octanol–water partition coefficient (Wildman–Crippen LogP) is 7.49. The molecule has 0 aromatic heterocycles. The number of benzene rings is 3. The first-order valence-electron chi connectivity index (χ1n) is 11.5. The highest BCUT2D eigenvalue weighted by Crippen LogP contribution is 2.32. The predicted molar refractivity (Wildman–Crippen MR) is 129 cm³/mol. The first-order chi connectivity index (χ1) is 15.3. The van der Waals surface area contributed by atoms with Crippen molar-refractivity contribution in [2.24, 2.45) is 5.92 Å². The lowest BCUT2D eigenvalue weighted by atomic mass is 9.87. The SMILES string of the molecule is CC(OCCC1CCCCC1)Oc1ccc([S+](c2ccccc2)c2ccccc2)cc1. The van der Waals surface area contributed by atoms with E-state index in [-0.39, 0.29) is 17.2 Å². The van der Waals surface area contributed by atoms with Crippen LogP contribution in [-0.4, -0.2) is 12.9 Å². The topological polar surface area (TPSA) is 18.5 Å². The van der Waals surface area contributed by atoms with Crippen molar-refractivity contribution in [2.45, 2.75) is 66.4 Å². The molecule has 31 heavy (non-hydrogen) atoms. The molecule has 0 bridgehead atoms. The van der Waals surface area contributed by atoms with Crippen LogP contribution in [0.2, 0.25) is 0 Å². The van der Waals surface area contributed by atoms with Gasteiger partial charge in [0.05, 0.1) is 17.5 Å². The van der Waals surface area contributed by atoms with Gasteiger partial charge < -0.3 is 9.47 Å². The second-order valence-electron chi connectivity index (χ2n) is 8.25. The summed E-state index contributed by atoms with van der Waals surface area (Å²) in [6.45, 7) is 2.78. The third kappa shape index (κ3) is 6.38. The molecule has 0 spiro atoms. The molecule has 0 heterocycles. The second-order valence-corrected chi connectivity index (χ2v) is 10.3. The zero-order valence-electron chi connectivity index (χ0n) is 18.4. The Morgan fingerprint density at radius 3 is 1.87 bits per heavy atom. The molecular formula is C28H33O2S+. The summed E-state index contributed by atoms with van der Waals surface area (Å²) < 4.78 is 12.0. The fraction of sp³-hybridized carbons (Fsp3) is 0.357. The van der Waals surface area contributed by atoms with E-state index < -0.39 is 0 Å². The molecule has 0 aliphatic heterocycles. The molecule has 1 saturated carbocycles. The molecule has 0 radical (unpaired) electrons. The maximum absolute atomic E-state index is 6.03. The van der Waals surface area contributed by atoms with E-state index in [1.54, 1.807) is 0 Å². The average Bonchev–Trinajstić information content (AvgIpc) is 2.82. The molecule has 3 heteroatoms. The molecule has 1 aliphatic rings. The van der Waals surface area contributed by atoms with Crippen molar-refractivity contribution in [1.29, 1.82) is 0 Å². The summed E-state index contributed by atoms with van der Waals surface area (Å²) in [5.74, 6) is 1.70. The molecule has 0 N–H and O–H groups in total. The zero-order valence-corrected chi connectivity index (χ0v) is 19.2. The van der Waals surface area contributed by atoms with Crippen LogP contribution in [0.25, 0.3) is 0 Å². The number of hydrogen-bond donors (Lipinski definition) is 0. The van der Waals surface area contributed by atoms with Gasteiger partial charge in [-0.1, -0.05) is 68.5 Å². The van der Waals surface area contributed by atoms with Gasteiger partial charge in [0.2, 0.25) is 0 Å². The first-order valence-corrected chi connectivity index (χ1v) is 12.7. The van der Waals surface area contributed by atoms with Crippen molar-refractivity contribution >= 4 is 10.9 Å². The lowest BCUT2D eigenvalue weighted by Crippen LogP contribution is -2.19. The van der Waals surface area contributed by atoms with Gasteiger partial charge in [0.25, 0.3) is 0 Å². The molecule has 1 atom stereocenters. The van der Waals surface area contributed by atoms with Gasteiger partial charge >= 0.3 is 0 Å². The summed E-state index contributed by atoms with van der Waals surface area (Å²) in [7, 11) is -0.130. The van der Waals surface area contributed by atoms with Crippen molar-refractivity contribution in [3.8, 4) is 5.75 Å². The lowest BCUT2D eigenvalue weighted by molar-refractivity contribution is -0.0711. The molecule has 0 saturated heterocycles. The highest BCUT2D eigenvalue weighted by atomic mass is 32.2. The van der Waals surface area contributed by atoms with Crippen molar-refractivity contribution in [3.05, 3.63) is 84.9 Å². The van der Waals surface area contributed by atoms with E-state index in [4.69, 9.17) is 9.47 Å². The Kier molecular flexibility index (Phi) is 8.09. The fourth-order valence-electron chi connectivity index (χ4n) is 4.28. The summed E-state index contributed by atoms with van der Waals surface area (Å²) >= 11 is 0. The Bertz CT molecular complexity index is 850. The summed E-state index contributed by atoms with van der Waals surface area (Å²) in [6, 6.07) is 30.0. The van der Waals surface area contributed by atoms with Crippen LogP contribution in [0.4, 0.5) is 0 Å². The van der Waals surface area contributed by atoms with Gasteiger partial charge in [-0.25, -0.2) is 0 Å². The quantitative estimate of drug-likeness (QED) is 0.257. The van der Waals surface area contributed by atoms with E-state index in [9.17, 15) is 0 Å². The normalized spacial score (nSPS) is 15.7. The van der Waals surface area contributed by atoms with Crippen LogP contribution in [-0.2, 0) is 15.6 Å². The van der Waals surface area contributed by atoms with Gasteiger partial charge in [0, 0.05) is 0 Å². The van der Waals surface area contributed by atoms with E-state index in [0.717, 1.165) is 24.7 Å². The van der Waals surface area contributed by atoms with Crippen LogP contribution >= 0.6 is 0 Å². The summed E-state index contributed by atoms with van der Waals surface area (Å²) in [4.78, 5) is 3.93. The van der Waals surface area contributed by atoms with Crippen molar-refractivity contribution < 1.29 is 9.47 Å². The molecule has 1 unspecified atom stereocenters. The summed E-state index contributed by atoms with van der Waals surface area (Å²) in [5.41, 5.74) is 0. The molecular weight excluding hydrogens is 400 g/mol. The standard InChI is InChI=1S/C28H33O2S/c1-23(29-22-21-24-11-5-2-6-12-24)30-25-17-19-28(20-18-25)31(26-13-7-3-8-14-26)27-15-9-4-10-16-27/h3-4,7-10,13-20,23-24H,2,5-6,11-12,21-22H2,1H3/q+1. The average molecular weight is 434 g/mol. The van der Waals surface area contributed by atoms with Crippen molar-refractivity contribution in [1.82, 2.24) is 0 Å². The Labute approximate surface area is 190 Å². The zero-order chi connectivity index (χ0) is 21.3. The van der Waals surface area contributed by atoms with E-state index in [2.05, 4.69) is 84.9 Å². The Balaban J connectivity index is 1.38. The van der Waals surface area contributed by atoms with Gasteiger partial charge in [-0.3, -0.25) is 0 Å². The third-order valence-corrected chi connectivity index (χ3v) is 8.15. The van der Waals surface area contributed by atoms with Crippen LogP contribution in [0.5, 0.6) is 5.75 Å². The van der Waals surface area contributed by atoms with Gasteiger partial charge in [0.15, 0.2) is 21.0 Å². The monoisotopic (exact) mass is 433 g/mol. The number of rotatable bonds is 9. The Hall–Kier alpha value is -2.23. The molecule has 3 aromatic rings. The minimum absolute atomic E-state index is 0.130. The van der Waals surface area contributed by atoms with Gasteiger partial charge in [-0.05, 0) is 67.8 Å². The minimum atomic E-state index is -0.226. The van der Waals surface area contributed by atoms with E-state index in [0.29, 0.717) is 0 Å². The van der Waals surface area contributed by atoms with Crippen LogP contribution in [0.1, 0.15) is 45.4 Å².